The normalized spacial score (nSPS) is 10.9. The van der Waals surface area contributed by atoms with E-state index in [4.69, 9.17) is 4.74 Å². The Labute approximate surface area is 240 Å². The van der Waals surface area contributed by atoms with E-state index in [0.717, 1.165) is 56.4 Å². The van der Waals surface area contributed by atoms with Gasteiger partial charge in [-0.1, -0.05) is 135 Å². The maximum atomic E-state index is 12.0. The molecule has 1 rings (SSSR count). The Balaban J connectivity index is 2.13. The Morgan fingerprint density at radius 2 is 1.26 bits per heavy atom. The average Bonchev–Trinajstić information content (AvgIpc) is 2.96. The SMILES string of the molecule is CCCCCCCCCCCCCCCCCCN(C=O)c1ccccc1COC(=O)NCCNCCCC. The quantitative estimate of drug-likeness (QED) is 0.0858. The highest BCUT2D eigenvalue weighted by atomic mass is 16.5. The first-order valence-electron chi connectivity index (χ1n) is 16.1. The largest absolute Gasteiger partial charge is 0.445 e. The lowest BCUT2D eigenvalue weighted by molar-refractivity contribution is -0.107. The Kier molecular flexibility index (Phi) is 23.4. The molecule has 0 aromatic heterocycles. The molecule has 0 bridgehead atoms. The van der Waals surface area contributed by atoms with Crippen molar-refractivity contribution in [2.24, 2.45) is 0 Å². The summed E-state index contributed by atoms with van der Waals surface area (Å²) in [5.74, 6) is 0. The first-order valence-corrected chi connectivity index (χ1v) is 16.1. The van der Waals surface area contributed by atoms with Gasteiger partial charge in [-0.05, 0) is 25.5 Å². The third-order valence-corrected chi connectivity index (χ3v) is 7.32. The van der Waals surface area contributed by atoms with Gasteiger partial charge in [-0.2, -0.15) is 0 Å². The maximum Gasteiger partial charge on any atom is 0.407 e. The molecule has 224 valence electrons. The van der Waals surface area contributed by atoms with Gasteiger partial charge in [0.1, 0.15) is 6.61 Å². The molecule has 0 saturated carbocycles. The lowest BCUT2D eigenvalue weighted by atomic mass is 10.0. The Bertz CT molecular complexity index is 713. The lowest BCUT2D eigenvalue weighted by Gasteiger charge is -2.21. The van der Waals surface area contributed by atoms with Crippen molar-refractivity contribution in [3.05, 3.63) is 29.8 Å². The number of rotatable bonds is 27. The van der Waals surface area contributed by atoms with Crippen LogP contribution in [0.4, 0.5) is 10.5 Å². The standard InChI is InChI=1S/C33H59N3O3/c1-3-5-7-8-9-10-11-12-13-14-15-16-17-18-19-22-28-36(30-37)32-24-21-20-23-31(32)29-39-33(38)35-27-26-34-25-6-4-2/h20-21,23-24,30,34H,3-19,22,25-29H2,1-2H3,(H,35,38). The van der Waals surface area contributed by atoms with Crippen LogP contribution in [-0.4, -0.2) is 38.7 Å². The van der Waals surface area contributed by atoms with Crippen LogP contribution in [0.15, 0.2) is 24.3 Å². The monoisotopic (exact) mass is 545 g/mol. The van der Waals surface area contributed by atoms with Gasteiger partial charge < -0.3 is 20.3 Å². The summed E-state index contributed by atoms with van der Waals surface area (Å²) in [5, 5.41) is 6.06. The van der Waals surface area contributed by atoms with Crippen LogP contribution in [0.1, 0.15) is 135 Å². The molecule has 6 heteroatoms. The minimum Gasteiger partial charge on any atom is -0.445 e. The number of ether oxygens (including phenoxy) is 1. The van der Waals surface area contributed by atoms with Crippen LogP contribution in [0.5, 0.6) is 0 Å². The Morgan fingerprint density at radius 1 is 0.718 bits per heavy atom. The zero-order valence-corrected chi connectivity index (χ0v) is 25.3. The van der Waals surface area contributed by atoms with E-state index in [1.165, 1.54) is 89.9 Å². The summed E-state index contributed by atoms with van der Waals surface area (Å²) in [4.78, 5) is 25.6. The minimum atomic E-state index is -0.433. The molecule has 1 aromatic carbocycles. The van der Waals surface area contributed by atoms with Gasteiger partial charge >= 0.3 is 6.09 Å². The second kappa shape index (κ2) is 26.2. The van der Waals surface area contributed by atoms with E-state index in [1.54, 1.807) is 4.90 Å². The Morgan fingerprint density at radius 3 is 1.82 bits per heavy atom. The molecule has 0 aliphatic rings. The molecule has 2 amide bonds. The van der Waals surface area contributed by atoms with E-state index < -0.39 is 6.09 Å². The van der Waals surface area contributed by atoms with Gasteiger partial charge in [0.2, 0.25) is 6.41 Å². The number of benzene rings is 1. The minimum absolute atomic E-state index is 0.147. The van der Waals surface area contributed by atoms with E-state index in [1.807, 2.05) is 24.3 Å². The first-order chi connectivity index (χ1) is 19.2. The molecule has 0 atom stereocenters. The van der Waals surface area contributed by atoms with Gasteiger partial charge in [0.05, 0.1) is 0 Å². The number of nitrogens with one attached hydrogen (secondary N) is 2. The third-order valence-electron chi connectivity index (χ3n) is 7.32. The van der Waals surface area contributed by atoms with Gasteiger partial charge in [0, 0.05) is 30.9 Å². The first kappa shape index (κ1) is 34.9. The molecule has 2 N–H and O–H groups in total. The molecule has 0 saturated heterocycles. The molecule has 0 radical (unpaired) electrons. The maximum absolute atomic E-state index is 12.0. The molecule has 1 aromatic rings. The number of carbonyl (C=O) groups is 2. The highest BCUT2D eigenvalue weighted by molar-refractivity contribution is 5.77. The average molecular weight is 546 g/mol. The third kappa shape index (κ3) is 19.6. The van der Waals surface area contributed by atoms with Crippen molar-refractivity contribution in [1.82, 2.24) is 10.6 Å². The van der Waals surface area contributed by atoms with Crippen molar-refractivity contribution < 1.29 is 14.3 Å². The number of nitrogens with zero attached hydrogens (tertiary/aromatic N) is 1. The molecular formula is C33H59N3O3. The fourth-order valence-corrected chi connectivity index (χ4v) is 4.85. The molecule has 0 aliphatic carbocycles. The smallest absolute Gasteiger partial charge is 0.407 e. The molecule has 39 heavy (non-hydrogen) atoms. The summed E-state index contributed by atoms with van der Waals surface area (Å²) in [6.07, 6.45) is 24.1. The number of amides is 2. The van der Waals surface area contributed by atoms with Crippen molar-refractivity contribution in [3.8, 4) is 0 Å². The van der Waals surface area contributed by atoms with Crippen molar-refractivity contribution >= 4 is 18.2 Å². The summed E-state index contributed by atoms with van der Waals surface area (Å²) >= 11 is 0. The fraction of sp³-hybridized carbons (Fsp3) is 0.758. The predicted octanol–water partition coefficient (Wildman–Crippen LogP) is 8.53. The molecular weight excluding hydrogens is 486 g/mol. The van der Waals surface area contributed by atoms with Gasteiger partial charge in [-0.25, -0.2) is 4.79 Å². The van der Waals surface area contributed by atoms with Gasteiger partial charge in [-0.15, -0.1) is 0 Å². The molecule has 6 nitrogen and oxygen atoms in total. The van der Waals surface area contributed by atoms with Crippen LogP contribution in [0.25, 0.3) is 0 Å². The lowest BCUT2D eigenvalue weighted by Crippen LogP contribution is -2.32. The van der Waals surface area contributed by atoms with E-state index in [9.17, 15) is 9.59 Å². The van der Waals surface area contributed by atoms with Crippen LogP contribution in [0, 0.1) is 0 Å². The van der Waals surface area contributed by atoms with Crippen LogP contribution < -0.4 is 15.5 Å². The van der Waals surface area contributed by atoms with E-state index in [2.05, 4.69) is 24.5 Å². The second-order valence-corrected chi connectivity index (χ2v) is 10.8. The molecule has 0 spiro atoms. The molecule has 0 heterocycles. The summed E-state index contributed by atoms with van der Waals surface area (Å²) in [5.41, 5.74) is 1.67. The fourth-order valence-electron chi connectivity index (χ4n) is 4.85. The van der Waals surface area contributed by atoms with E-state index >= 15 is 0 Å². The number of carbonyl (C=O) groups excluding carboxylic acids is 2. The topological polar surface area (TPSA) is 70.7 Å². The predicted molar refractivity (Wildman–Crippen MR) is 165 cm³/mol. The zero-order valence-electron chi connectivity index (χ0n) is 25.3. The van der Waals surface area contributed by atoms with Crippen molar-refractivity contribution in [2.75, 3.05) is 31.1 Å². The number of anilines is 1. The van der Waals surface area contributed by atoms with Gasteiger partial charge in [0.25, 0.3) is 0 Å². The summed E-state index contributed by atoms with van der Waals surface area (Å²) < 4.78 is 5.41. The summed E-state index contributed by atoms with van der Waals surface area (Å²) in [7, 11) is 0. The van der Waals surface area contributed by atoms with Crippen LogP contribution >= 0.6 is 0 Å². The van der Waals surface area contributed by atoms with E-state index in [0.29, 0.717) is 13.1 Å². The Hall–Kier alpha value is -2.08. The van der Waals surface area contributed by atoms with Crippen LogP contribution in [-0.2, 0) is 16.1 Å². The summed E-state index contributed by atoms with van der Waals surface area (Å²) in [6.45, 7) is 7.49. The van der Waals surface area contributed by atoms with Crippen LogP contribution in [0.2, 0.25) is 0 Å². The number of para-hydroxylation sites is 1. The van der Waals surface area contributed by atoms with Crippen molar-refractivity contribution in [2.45, 2.75) is 136 Å². The van der Waals surface area contributed by atoms with Gasteiger partial charge in [-0.3, -0.25) is 4.79 Å². The molecule has 0 fully saturated rings. The van der Waals surface area contributed by atoms with Crippen molar-refractivity contribution in [1.29, 1.82) is 0 Å². The van der Waals surface area contributed by atoms with Crippen molar-refractivity contribution in [3.63, 3.8) is 0 Å². The summed E-state index contributed by atoms with van der Waals surface area (Å²) in [6, 6.07) is 7.68. The number of unbranched alkanes of at least 4 members (excludes halogenated alkanes) is 16. The zero-order chi connectivity index (χ0) is 28.2. The second-order valence-electron chi connectivity index (χ2n) is 10.8. The highest BCUT2D eigenvalue weighted by Gasteiger charge is 2.12. The number of hydrogen-bond donors (Lipinski definition) is 2. The van der Waals surface area contributed by atoms with Gasteiger partial charge in [0.15, 0.2) is 0 Å². The van der Waals surface area contributed by atoms with Crippen LogP contribution in [0.3, 0.4) is 0 Å². The molecule has 0 unspecified atom stereocenters. The van der Waals surface area contributed by atoms with E-state index in [-0.39, 0.29) is 6.61 Å². The number of alkyl carbamates (subject to hydrolysis) is 1. The number of hydrogen-bond acceptors (Lipinski definition) is 4. The molecule has 0 aliphatic heterocycles. The highest BCUT2D eigenvalue weighted by Crippen LogP contribution is 2.21.